The molecule has 0 spiro atoms. The van der Waals surface area contributed by atoms with E-state index < -0.39 is 0 Å². The molecular weight excluding hydrogens is 218 g/mol. The second-order valence-corrected chi connectivity index (χ2v) is 3.70. The van der Waals surface area contributed by atoms with Gasteiger partial charge in [-0.15, -0.1) is 0 Å². The van der Waals surface area contributed by atoms with E-state index >= 15 is 0 Å². The van der Waals surface area contributed by atoms with E-state index in [9.17, 15) is 0 Å². The van der Waals surface area contributed by atoms with Crippen LogP contribution in [0.2, 0.25) is 0 Å². The van der Waals surface area contributed by atoms with Crippen molar-refractivity contribution in [2.24, 2.45) is 7.05 Å². The first-order valence-corrected chi connectivity index (χ1v) is 4.49. The molecule has 0 atom stereocenters. The summed E-state index contributed by atoms with van der Waals surface area (Å²) >= 11 is 3.27. The summed E-state index contributed by atoms with van der Waals surface area (Å²) in [6.07, 6.45) is 3.72. The van der Waals surface area contributed by atoms with Crippen LogP contribution in [0, 0.1) is 0 Å². The van der Waals surface area contributed by atoms with Crippen LogP contribution in [0.3, 0.4) is 0 Å². The van der Waals surface area contributed by atoms with E-state index in [0.29, 0.717) is 0 Å². The molecule has 1 aromatic heterocycles. The van der Waals surface area contributed by atoms with Gasteiger partial charge in [0.05, 0.1) is 6.54 Å². The summed E-state index contributed by atoms with van der Waals surface area (Å²) in [7, 11) is 1.98. The lowest BCUT2D eigenvalue weighted by atomic mass is 10.5. The Bertz CT molecular complexity index is 267. The molecule has 1 N–H and O–H groups in total. The number of halogens is 1. The number of hydrogen-bond donors (Lipinski definition) is 1. The zero-order valence-corrected chi connectivity index (χ0v) is 8.63. The molecule has 0 unspecified atom stereocenters. The zero-order valence-electron chi connectivity index (χ0n) is 7.05. The molecule has 0 fully saturated rings. The highest BCUT2D eigenvalue weighted by Gasteiger charge is 1.96. The van der Waals surface area contributed by atoms with Crippen LogP contribution in [0.1, 0.15) is 5.82 Å². The van der Waals surface area contributed by atoms with Crippen molar-refractivity contribution in [3.8, 4) is 0 Å². The SMILES string of the molecule is C=C(Br)CNCc1nccn1C. The van der Waals surface area contributed by atoms with Gasteiger partial charge in [-0.3, -0.25) is 0 Å². The van der Waals surface area contributed by atoms with Crippen molar-refractivity contribution < 1.29 is 0 Å². The topological polar surface area (TPSA) is 29.9 Å². The number of imidazole rings is 1. The maximum atomic E-state index is 4.17. The fourth-order valence-corrected chi connectivity index (χ4v) is 1.08. The molecule has 1 aromatic rings. The van der Waals surface area contributed by atoms with Gasteiger partial charge in [0, 0.05) is 30.5 Å². The summed E-state index contributed by atoms with van der Waals surface area (Å²) in [6, 6.07) is 0. The van der Waals surface area contributed by atoms with Crippen molar-refractivity contribution in [2.75, 3.05) is 6.54 Å². The van der Waals surface area contributed by atoms with Crippen LogP contribution in [-0.2, 0) is 13.6 Å². The molecule has 0 saturated heterocycles. The van der Waals surface area contributed by atoms with Gasteiger partial charge in [0.2, 0.25) is 0 Å². The smallest absolute Gasteiger partial charge is 0.122 e. The minimum atomic E-state index is 0.771. The number of rotatable bonds is 4. The second kappa shape index (κ2) is 4.42. The molecule has 0 bridgehead atoms. The molecule has 3 nitrogen and oxygen atoms in total. The Morgan fingerprint density at radius 2 is 2.58 bits per heavy atom. The van der Waals surface area contributed by atoms with E-state index in [-0.39, 0.29) is 0 Å². The lowest BCUT2D eigenvalue weighted by molar-refractivity contribution is 0.679. The van der Waals surface area contributed by atoms with Crippen molar-refractivity contribution in [2.45, 2.75) is 6.54 Å². The Morgan fingerprint density at radius 1 is 1.83 bits per heavy atom. The zero-order chi connectivity index (χ0) is 8.97. The van der Waals surface area contributed by atoms with Crippen LogP contribution < -0.4 is 5.32 Å². The molecule has 0 aliphatic carbocycles. The van der Waals surface area contributed by atoms with Crippen LogP contribution in [0.5, 0.6) is 0 Å². The average molecular weight is 230 g/mol. The summed E-state index contributed by atoms with van der Waals surface area (Å²) in [5.41, 5.74) is 0. The van der Waals surface area contributed by atoms with Crippen molar-refractivity contribution in [3.05, 3.63) is 29.3 Å². The molecule has 0 aliphatic heterocycles. The largest absolute Gasteiger partial charge is 0.337 e. The summed E-state index contributed by atoms with van der Waals surface area (Å²) in [4.78, 5) is 4.17. The second-order valence-electron chi connectivity index (χ2n) is 2.58. The molecule has 12 heavy (non-hydrogen) atoms. The highest BCUT2D eigenvalue weighted by Crippen LogP contribution is 1.98. The highest BCUT2D eigenvalue weighted by atomic mass is 79.9. The normalized spacial score (nSPS) is 10.2. The molecule has 0 amide bonds. The molecule has 1 rings (SSSR count). The third-order valence-electron chi connectivity index (χ3n) is 1.52. The number of nitrogens with one attached hydrogen (secondary N) is 1. The van der Waals surface area contributed by atoms with Gasteiger partial charge in [-0.05, 0) is 0 Å². The van der Waals surface area contributed by atoms with E-state index in [1.807, 2.05) is 17.8 Å². The van der Waals surface area contributed by atoms with Gasteiger partial charge in [0.25, 0.3) is 0 Å². The number of aromatic nitrogens is 2. The van der Waals surface area contributed by atoms with Gasteiger partial charge < -0.3 is 9.88 Å². The Balaban J connectivity index is 2.33. The molecule has 66 valence electrons. The molecule has 1 heterocycles. The molecule has 0 saturated carbocycles. The minimum absolute atomic E-state index is 0.771. The van der Waals surface area contributed by atoms with Crippen LogP contribution >= 0.6 is 15.9 Å². The molecular formula is C8H12BrN3. The summed E-state index contributed by atoms with van der Waals surface area (Å²) < 4.78 is 2.95. The van der Waals surface area contributed by atoms with E-state index in [2.05, 4.69) is 32.8 Å². The van der Waals surface area contributed by atoms with Crippen LogP contribution in [-0.4, -0.2) is 16.1 Å². The lowest BCUT2D eigenvalue weighted by Gasteiger charge is -2.02. The van der Waals surface area contributed by atoms with E-state index in [1.165, 1.54) is 0 Å². The van der Waals surface area contributed by atoms with Crippen molar-refractivity contribution >= 4 is 15.9 Å². The standard InChI is InChI=1S/C8H12BrN3/c1-7(9)5-10-6-8-11-3-4-12(8)2/h3-4,10H,1,5-6H2,2H3. The van der Waals surface area contributed by atoms with Gasteiger partial charge in [-0.25, -0.2) is 4.98 Å². The van der Waals surface area contributed by atoms with E-state index in [0.717, 1.165) is 23.4 Å². The first kappa shape index (κ1) is 9.48. The molecule has 4 heteroatoms. The van der Waals surface area contributed by atoms with Gasteiger partial charge in [0.15, 0.2) is 0 Å². The van der Waals surface area contributed by atoms with Crippen molar-refractivity contribution in [1.82, 2.24) is 14.9 Å². The lowest BCUT2D eigenvalue weighted by Crippen LogP contribution is -2.17. The number of nitrogens with zero attached hydrogens (tertiary/aromatic N) is 2. The molecule has 0 aliphatic rings. The maximum absolute atomic E-state index is 4.17. The fourth-order valence-electron chi connectivity index (χ4n) is 0.877. The predicted octanol–water partition coefficient (Wildman–Crippen LogP) is 1.42. The quantitative estimate of drug-likeness (QED) is 0.847. The first-order chi connectivity index (χ1) is 5.70. The van der Waals surface area contributed by atoms with Crippen molar-refractivity contribution in [3.63, 3.8) is 0 Å². The summed E-state index contributed by atoms with van der Waals surface area (Å²) in [5, 5.41) is 3.20. The Morgan fingerprint density at radius 3 is 3.08 bits per heavy atom. The van der Waals surface area contributed by atoms with E-state index in [4.69, 9.17) is 0 Å². The summed E-state index contributed by atoms with van der Waals surface area (Å²) in [5.74, 6) is 1.03. The van der Waals surface area contributed by atoms with Gasteiger partial charge in [0.1, 0.15) is 5.82 Å². The minimum Gasteiger partial charge on any atom is -0.337 e. The first-order valence-electron chi connectivity index (χ1n) is 3.70. The highest BCUT2D eigenvalue weighted by molar-refractivity contribution is 9.11. The Hall–Kier alpha value is -0.610. The number of aryl methyl sites for hydroxylation is 1. The van der Waals surface area contributed by atoms with Gasteiger partial charge in [-0.2, -0.15) is 0 Å². The van der Waals surface area contributed by atoms with Crippen LogP contribution in [0.4, 0.5) is 0 Å². The van der Waals surface area contributed by atoms with Gasteiger partial charge >= 0.3 is 0 Å². The third-order valence-corrected chi connectivity index (χ3v) is 1.80. The summed E-state index contributed by atoms with van der Waals surface area (Å²) in [6.45, 7) is 5.27. The molecule has 0 radical (unpaired) electrons. The average Bonchev–Trinajstić information content (AvgIpc) is 2.36. The number of hydrogen-bond acceptors (Lipinski definition) is 2. The maximum Gasteiger partial charge on any atom is 0.122 e. The third kappa shape index (κ3) is 2.79. The van der Waals surface area contributed by atoms with Crippen LogP contribution in [0.15, 0.2) is 23.5 Å². The molecule has 0 aromatic carbocycles. The van der Waals surface area contributed by atoms with Gasteiger partial charge in [-0.1, -0.05) is 22.5 Å². The van der Waals surface area contributed by atoms with Crippen LogP contribution in [0.25, 0.3) is 0 Å². The monoisotopic (exact) mass is 229 g/mol. The van der Waals surface area contributed by atoms with Crippen molar-refractivity contribution in [1.29, 1.82) is 0 Å². The Labute approximate surface area is 80.6 Å². The Kier molecular flexibility index (Phi) is 3.49. The predicted molar refractivity (Wildman–Crippen MR) is 53.0 cm³/mol. The van der Waals surface area contributed by atoms with E-state index in [1.54, 1.807) is 6.20 Å². The fraction of sp³-hybridized carbons (Fsp3) is 0.375.